The summed E-state index contributed by atoms with van der Waals surface area (Å²) in [6.45, 7) is 0. The van der Waals surface area contributed by atoms with E-state index in [9.17, 15) is 14.0 Å². The Labute approximate surface area is 161 Å². The SMILES string of the molecule is N#Cc1cc(F)c(NC2CC3CCC2CC3)cc1-c1c[nH]c2ncc(F)cc12. The highest BCUT2D eigenvalue weighted by molar-refractivity contribution is 5.95. The van der Waals surface area contributed by atoms with E-state index in [0.29, 0.717) is 33.8 Å². The van der Waals surface area contributed by atoms with E-state index in [4.69, 9.17) is 0 Å². The maximum atomic E-state index is 14.7. The molecule has 0 aliphatic heterocycles. The van der Waals surface area contributed by atoms with Crippen molar-refractivity contribution in [2.24, 2.45) is 11.8 Å². The molecule has 3 aliphatic rings. The molecular weight excluding hydrogens is 358 g/mol. The molecule has 6 rings (SSSR count). The number of nitriles is 1. The Morgan fingerprint density at radius 2 is 1.93 bits per heavy atom. The third-order valence-corrected chi connectivity index (χ3v) is 6.40. The van der Waals surface area contributed by atoms with Gasteiger partial charge in [-0.2, -0.15) is 5.26 Å². The molecule has 3 fully saturated rings. The lowest BCUT2D eigenvalue weighted by Crippen LogP contribution is -2.40. The lowest BCUT2D eigenvalue weighted by atomic mass is 9.68. The quantitative estimate of drug-likeness (QED) is 0.644. The summed E-state index contributed by atoms with van der Waals surface area (Å²) >= 11 is 0. The zero-order chi connectivity index (χ0) is 19.3. The Hall–Kier alpha value is -2.94. The van der Waals surface area contributed by atoms with Gasteiger partial charge in [-0.05, 0) is 49.3 Å². The third kappa shape index (κ3) is 2.82. The number of H-pyrrole nitrogens is 1. The summed E-state index contributed by atoms with van der Waals surface area (Å²) in [6.07, 6.45) is 8.85. The summed E-state index contributed by atoms with van der Waals surface area (Å²) in [4.78, 5) is 7.04. The fraction of sp³-hybridized carbons (Fsp3) is 0.364. The van der Waals surface area contributed by atoms with E-state index in [1.54, 1.807) is 12.3 Å². The number of rotatable bonds is 3. The molecule has 2 heterocycles. The smallest absolute Gasteiger partial charge is 0.147 e. The molecule has 28 heavy (non-hydrogen) atoms. The minimum Gasteiger partial charge on any atom is -0.380 e. The topological polar surface area (TPSA) is 64.5 Å². The monoisotopic (exact) mass is 378 g/mol. The van der Waals surface area contributed by atoms with Gasteiger partial charge in [0.25, 0.3) is 0 Å². The van der Waals surface area contributed by atoms with Crippen LogP contribution in [-0.4, -0.2) is 16.0 Å². The Bertz CT molecular complexity index is 1090. The minimum atomic E-state index is -0.453. The van der Waals surface area contributed by atoms with Crippen molar-refractivity contribution in [2.45, 2.75) is 38.1 Å². The summed E-state index contributed by atoms with van der Waals surface area (Å²) in [7, 11) is 0. The number of hydrogen-bond acceptors (Lipinski definition) is 3. The van der Waals surface area contributed by atoms with Crippen LogP contribution in [0.25, 0.3) is 22.2 Å². The van der Waals surface area contributed by atoms with Gasteiger partial charge >= 0.3 is 0 Å². The van der Waals surface area contributed by atoms with Crippen molar-refractivity contribution in [2.75, 3.05) is 5.32 Å². The van der Waals surface area contributed by atoms with Crippen molar-refractivity contribution in [1.29, 1.82) is 5.26 Å². The highest BCUT2D eigenvalue weighted by Crippen LogP contribution is 2.43. The number of aromatic nitrogens is 2. The maximum Gasteiger partial charge on any atom is 0.147 e. The van der Waals surface area contributed by atoms with Crippen LogP contribution >= 0.6 is 0 Å². The molecule has 2 aromatic heterocycles. The number of nitrogens with zero attached hydrogens (tertiary/aromatic N) is 2. The highest BCUT2D eigenvalue weighted by Gasteiger charge is 2.35. The minimum absolute atomic E-state index is 0.221. The van der Waals surface area contributed by atoms with E-state index in [0.717, 1.165) is 18.5 Å². The van der Waals surface area contributed by atoms with Gasteiger partial charge in [0.05, 0.1) is 23.5 Å². The van der Waals surface area contributed by atoms with E-state index in [2.05, 4.69) is 21.4 Å². The number of nitrogens with one attached hydrogen (secondary N) is 2. The molecule has 2 N–H and O–H groups in total. The normalized spacial score (nSPS) is 23.7. The molecule has 2 bridgehead atoms. The molecule has 0 radical (unpaired) electrons. The van der Waals surface area contributed by atoms with E-state index in [1.165, 1.54) is 37.8 Å². The molecule has 1 aromatic carbocycles. The second-order valence-corrected chi connectivity index (χ2v) is 8.01. The van der Waals surface area contributed by atoms with E-state index >= 15 is 0 Å². The number of fused-ring (bicyclic) bond motifs is 4. The average Bonchev–Trinajstić information content (AvgIpc) is 3.13. The Morgan fingerprint density at radius 3 is 2.64 bits per heavy atom. The number of pyridine rings is 1. The first-order chi connectivity index (χ1) is 13.6. The van der Waals surface area contributed by atoms with Crippen LogP contribution in [0.2, 0.25) is 0 Å². The van der Waals surface area contributed by atoms with Crippen LogP contribution in [0.3, 0.4) is 0 Å². The summed E-state index contributed by atoms with van der Waals surface area (Å²) < 4.78 is 28.5. The van der Waals surface area contributed by atoms with Crippen LogP contribution < -0.4 is 5.32 Å². The standard InChI is InChI=1S/C22H20F2N4/c23-15-7-17-18(11-27-22(17)26-10-15)16-8-21(19(24)6-14(16)9-25)28-20-5-12-1-3-13(20)4-2-12/h6-8,10-13,20,28H,1-5H2,(H,26,27). The number of hydrogen-bond donors (Lipinski definition) is 2. The van der Waals surface area contributed by atoms with E-state index in [-0.39, 0.29) is 11.6 Å². The molecule has 3 saturated carbocycles. The molecule has 4 nitrogen and oxygen atoms in total. The number of halogens is 2. The molecule has 1 unspecified atom stereocenters. The largest absolute Gasteiger partial charge is 0.380 e. The fourth-order valence-corrected chi connectivity index (χ4v) is 4.95. The average molecular weight is 378 g/mol. The second kappa shape index (κ2) is 6.59. The number of aromatic amines is 1. The van der Waals surface area contributed by atoms with Gasteiger partial charge in [-0.25, -0.2) is 13.8 Å². The predicted octanol–water partition coefficient (Wildman–Crippen LogP) is 5.37. The summed E-state index contributed by atoms with van der Waals surface area (Å²) in [6, 6.07) is 6.67. The molecule has 3 aromatic rings. The van der Waals surface area contributed by atoms with Crippen molar-refractivity contribution >= 4 is 16.7 Å². The van der Waals surface area contributed by atoms with Crippen molar-refractivity contribution in [3.8, 4) is 17.2 Å². The third-order valence-electron chi connectivity index (χ3n) is 6.40. The van der Waals surface area contributed by atoms with Gasteiger partial charge in [-0.15, -0.1) is 0 Å². The van der Waals surface area contributed by atoms with Crippen molar-refractivity contribution < 1.29 is 8.78 Å². The predicted molar refractivity (Wildman–Crippen MR) is 104 cm³/mol. The van der Waals surface area contributed by atoms with Gasteiger partial charge < -0.3 is 10.3 Å². The molecule has 3 aliphatic carbocycles. The molecule has 6 heteroatoms. The van der Waals surface area contributed by atoms with Gasteiger partial charge in [0, 0.05) is 28.8 Å². The van der Waals surface area contributed by atoms with Gasteiger partial charge in [-0.3, -0.25) is 0 Å². The number of anilines is 1. The van der Waals surface area contributed by atoms with Crippen LogP contribution in [0.4, 0.5) is 14.5 Å². The highest BCUT2D eigenvalue weighted by atomic mass is 19.1. The van der Waals surface area contributed by atoms with Crippen molar-refractivity contribution in [1.82, 2.24) is 9.97 Å². The van der Waals surface area contributed by atoms with E-state index in [1.807, 2.05) is 0 Å². The van der Waals surface area contributed by atoms with Crippen molar-refractivity contribution in [3.05, 3.63) is 47.8 Å². The van der Waals surface area contributed by atoms with E-state index < -0.39 is 11.6 Å². The zero-order valence-corrected chi connectivity index (χ0v) is 15.3. The molecular formula is C22H20F2N4. The fourth-order valence-electron chi connectivity index (χ4n) is 4.95. The van der Waals surface area contributed by atoms with Crippen LogP contribution in [0.5, 0.6) is 0 Å². The zero-order valence-electron chi connectivity index (χ0n) is 15.3. The second-order valence-electron chi connectivity index (χ2n) is 8.01. The molecule has 142 valence electrons. The first-order valence-corrected chi connectivity index (χ1v) is 9.75. The van der Waals surface area contributed by atoms with Gasteiger partial charge in [0.1, 0.15) is 17.3 Å². The molecule has 1 atom stereocenters. The van der Waals surface area contributed by atoms with Crippen LogP contribution in [0, 0.1) is 34.8 Å². The van der Waals surface area contributed by atoms with Crippen LogP contribution in [0.1, 0.15) is 37.7 Å². The Kier molecular flexibility index (Phi) is 4.04. The summed E-state index contributed by atoms with van der Waals surface area (Å²) in [5.41, 5.74) is 2.38. The van der Waals surface area contributed by atoms with Gasteiger partial charge in [-0.1, -0.05) is 12.8 Å². The first kappa shape index (κ1) is 17.2. The van der Waals surface area contributed by atoms with Gasteiger partial charge in [0.2, 0.25) is 0 Å². The first-order valence-electron chi connectivity index (χ1n) is 9.75. The molecule has 0 spiro atoms. The lowest BCUT2D eigenvalue weighted by molar-refractivity contribution is 0.157. The molecule has 0 amide bonds. The van der Waals surface area contributed by atoms with Crippen molar-refractivity contribution in [3.63, 3.8) is 0 Å². The van der Waals surface area contributed by atoms with Crippen LogP contribution in [0.15, 0.2) is 30.6 Å². The summed E-state index contributed by atoms with van der Waals surface area (Å²) in [5, 5.41) is 13.5. The number of benzene rings is 1. The maximum absolute atomic E-state index is 14.7. The Morgan fingerprint density at radius 1 is 1.11 bits per heavy atom. The lowest BCUT2D eigenvalue weighted by Gasteiger charge is -2.43. The summed E-state index contributed by atoms with van der Waals surface area (Å²) in [5.74, 6) is 0.428. The molecule has 0 saturated heterocycles. The Balaban J connectivity index is 1.57. The van der Waals surface area contributed by atoms with Crippen LogP contribution in [-0.2, 0) is 0 Å². The van der Waals surface area contributed by atoms with Gasteiger partial charge in [0.15, 0.2) is 0 Å².